The molecule has 2 aromatic carbocycles. The zero-order valence-corrected chi connectivity index (χ0v) is 15.6. The summed E-state index contributed by atoms with van der Waals surface area (Å²) in [5.41, 5.74) is 2.37. The smallest absolute Gasteiger partial charge is 0.261 e. The largest absolute Gasteiger partial charge is 0.352 e. The van der Waals surface area contributed by atoms with Crippen LogP contribution in [0.15, 0.2) is 66.0 Å². The normalized spacial score (nSPS) is 11.1. The van der Waals surface area contributed by atoms with E-state index in [1.807, 2.05) is 6.92 Å². The number of aromatic amines is 1. The van der Waals surface area contributed by atoms with Crippen LogP contribution in [0.3, 0.4) is 0 Å². The summed E-state index contributed by atoms with van der Waals surface area (Å²) >= 11 is 0. The molecule has 0 atom stereocenters. The number of hydrogen-bond acceptors (Lipinski definition) is 4. The summed E-state index contributed by atoms with van der Waals surface area (Å²) in [5.74, 6) is -0.350. The Bertz CT molecular complexity index is 1010. The lowest BCUT2D eigenvalue weighted by molar-refractivity contribution is 0.0955. The molecule has 8 heteroatoms. The van der Waals surface area contributed by atoms with E-state index in [0.717, 1.165) is 11.3 Å². The summed E-state index contributed by atoms with van der Waals surface area (Å²) in [6.45, 7) is 2.28. The molecule has 0 radical (unpaired) electrons. The second kappa shape index (κ2) is 8.05. The van der Waals surface area contributed by atoms with Crippen molar-refractivity contribution in [3.05, 3.63) is 77.9 Å². The highest BCUT2D eigenvalue weighted by Crippen LogP contribution is 2.20. The summed E-state index contributed by atoms with van der Waals surface area (Å²) in [7, 11) is -3.79. The standard InChI is InChI=1S/C19H20N4O3S/c1-14-6-8-16(9-7-14)27(25,26)23-18-5-3-2-4-17(18)19(24)21-11-10-15-12-20-13-22-15/h2-9,12-13,23H,10-11H2,1H3,(H,20,22)(H,21,24). The van der Waals surface area contributed by atoms with Gasteiger partial charge in [-0.3, -0.25) is 9.52 Å². The molecule has 27 heavy (non-hydrogen) atoms. The van der Waals surface area contributed by atoms with Gasteiger partial charge in [-0.05, 0) is 31.2 Å². The van der Waals surface area contributed by atoms with Gasteiger partial charge in [-0.2, -0.15) is 0 Å². The Balaban J connectivity index is 1.73. The van der Waals surface area contributed by atoms with Gasteiger partial charge in [-0.1, -0.05) is 29.8 Å². The number of carbonyl (C=O) groups excluding carboxylic acids is 1. The van der Waals surface area contributed by atoms with Crippen LogP contribution in [0.25, 0.3) is 0 Å². The number of hydrogen-bond donors (Lipinski definition) is 3. The maximum atomic E-state index is 12.6. The third-order valence-corrected chi connectivity index (χ3v) is 5.36. The van der Waals surface area contributed by atoms with E-state index >= 15 is 0 Å². The number of aryl methyl sites for hydroxylation is 1. The van der Waals surface area contributed by atoms with Crippen molar-refractivity contribution in [3.8, 4) is 0 Å². The highest BCUT2D eigenvalue weighted by Gasteiger charge is 2.18. The number of H-pyrrole nitrogens is 1. The number of sulfonamides is 1. The molecule has 0 bridgehead atoms. The third kappa shape index (κ3) is 4.73. The van der Waals surface area contributed by atoms with Crippen molar-refractivity contribution in [3.63, 3.8) is 0 Å². The van der Waals surface area contributed by atoms with Gasteiger partial charge < -0.3 is 10.3 Å². The summed E-state index contributed by atoms with van der Waals surface area (Å²) in [6, 6.07) is 13.0. The van der Waals surface area contributed by atoms with Crippen molar-refractivity contribution in [1.82, 2.24) is 15.3 Å². The average molecular weight is 384 g/mol. The Morgan fingerprint density at radius 1 is 1.11 bits per heavy atom. The fourth-order valence-corrected chi connectivity index (χ4v) is 3.60. The van der Waals surface area contributed by atoms with E-state index in [1.165, 1.54) is 12.1 Å². The monoisotopic (exact) mass is 384 g/mol. The maximum Gasteiger partial charge on any atom is 0.261 e. The maximum absolute atomic E-state index is 12.6. The van der Waals surface area contributed by atoms with Gasteiger partial charge in [-0.25, -0.2) is 13.4 Å². The zero-order valence-electron chi connectivity index (χ0n) is 14.8. The van der Waals surface area contributed by atoms with Gasteiger partial charge in [0.15, 0.2) is 0 Å². The van der Waals surface area contributed by atoms with E-state index in [2.05, 4.69) is 20.0 Å². The first-order valence-corrected chi connectivity index (χ1v) is 9.88. The Hall–Kier alpha value is -3.13. The third-order valence-electron chi connectivity index (χ3n) is 3.98. The molecule has 3 N–H and O–H groups in total. The molecule has 7 nitrogen and oxygen atoms in total. The average Bonchev–Trinajstić information content (AvgIpc) is 3.15. The lowest BCUT2D eigenvalue weighted by atomic mass is 10.1. The molecule has 3 rings (SSSR count). The second-order valence-electron chi connectivity index (χ2n) is 6.05. The van der Waals surface area contributed by atoms with Crippen LogP contribution >= 0.6 is 0 Å². The van der Waals surface area contributed by atoms with E-state index < -0.39 is 10.0 Å². The number of benzene rings is 2. The molecule has 0 unspecified atom stereocenters. The zero-order chi connectivity index (χ0) is 19.3. The van der Waals surface area contributed by atoms with Crippen molar-refractivity contribution < 1.29 is 13.2 Å². The molecule has 1 heterocycles. The van der Waals surface area contributed by atoms with Crippen LogP contribution in [0.2, 0.25) is 0 Å². The van der Waals surface area contributed by atoms with Gasteiger partial charge in [0.1, 0.15) is 0 Å². The van der Waals surface area contributed by atoms with Crippen LogP contribution in [-0.2, 0) is 16.4 Å². The number of para-hydroxylation sites is 1. The van der Waals surface area contributed by atoms with Gasteiger partial charge >= 0.3 is 0 Å². The fourth-order valence-electron chi connectivity index (χ4n) is 2.52. The first kappa shape index (κ1) is 18.7. The Kier molecular flexibility index (Phi) is 5.56. The molecular weight excluding hydrogens is 364 g/mol. The number of amides is 1. The number of imidazole rings is 1. The summed E-state index contributed by atoms with van der Waals surface area (Å²) < 4.78 is 27.7. The molecule has 140 valence electrons. The van der Waals surface area contributed by atoms with Crippen LogP contribution < -0.4 is 10.0 Å². The first-order valence-electron chi connectivity index (χ1n) is 8.40. The molecule has 0 aliphatic heterocycles. The molecule has 0 saturated carbocycles. The summed E-state index contributed by atoms with van der Waals surface area (Å²) in [4.78, 5) is 19.5. The van der Waals surface area contributed by atoms with Gasteiger partial charge in [0.2, 0.25) is 0 Å². The molecule has 0 fully saturated rings. The molecule has 1 aromatic heterocycles. The van der Waals surface area contributed by atoms with E-state index in [1.54, 1.807) is 48.9 Å². The number of rotatable bonds is 7. The Morgan fingerprint density at radius 3 is 2.56 bits per heavy atom. The summed E-state index contributed by atoms with van der Waals surface area (Å²) in [6.07, 6.45) is 3.87. The van der Waals surface area contributed by atoms with Crippen LogP contribution in [0.4, 0.5) is 5.69 Å². The van der Waals surface area contributed by atoms with Gasteiger partial charge in [0.05, 0.1) is 22.5 Å². The predicted molar refractivity (Wildman–Crippen MR) is 103 cm³/mol. The van der Waals surface area contributed by atoms with E-state index in [4.69, 9.17) is 0 Å². The van der Waals surface area contributed by atoms with Crippen LogP contribution in [0, 0.1) is 6.92 Å². The Morgan fingerprint density at radius 2 is 1.85 bits per heavy atom. The number of aromatic nitrogens is 2. The van der Waals surface area contributed by atoms with E-state index in [9.17, 15) is 13.2 Å². The number of nitrogens with zero attached hydrogens (tertiary/aromatic N) is 1. The van der Waals surface area contributed by atoms with Crippen LogP contribution in [0.1, 0.15) is 21.6 Å². The topological polar surface area (TPSA) is 104 Å². The molecule has 1 amide bonds. The minimum Gasteiger partial charge on any atom is -0.352 e. The van der Waals surface area contributed by atoms with Crippen LogP contribution in [-0.4, -0.2) is 30.8 Å². The highest BCUT2D eigenvalue weighted by atomic mass is 32.2. The van der Waals surface area contributed by atoms with Crippen molar-refractivity contribution in [2.45, 2.75) is 18.2 Å². The minimum atomic E-state index is -3.79. The van der Waals surface area contributed by atoms with Crippen molar-refractivity contribution in [2.75, 3.05) is 11.3 Å². The lowest BCUT2D eigenvalue weighted by Gasteiger charge is -2.13. The number of nitrogens with one attached hydrogen (secondary N) is 3. The van der Waals surface area contributed by atoms with Crippen molar-refractivity contribution >= 4 is 21.6 Å². The molecule has 0 spiro atoms. The van der Waals surface area contributed by atoms with Gasteiger partial charge in [0.25, 0.3) is 15.9 Å². The molecule has 0 saturated heterocycles. The van der Waals surface area contributed by atoms with Crippen LogP contribution in [0.5, 0.6) is 0 Å². The highest BCUT2D eigenvalue weighted by molar-refractivity contribution is 7.92. The van der Waals surface area contributed by atoms with Crippen molar-refractivity contribution in [2.24, 2.45) is 0 Å². The molecule has 0 aliphatic rings. The lowest BCUT2D eigenvalue weighted by Crippen LogP contribution is -2.27. The minimum absolute atomic E-state index is 0.141. The van der Waals surface area contributed by atoms with Gasteiger partial charge in [-0.15, -0.1) is 0 Å². The first-order chi connectivity index (χ1) is 13.0. The SMILES string of the molecule is Cc1ccc(S(=O)(=O)Nc2ccccc2C(=O)NCCc2cnc[nH]2)cc1. The van der Waals surface area contributed by atoms with E-state index in [-0.39, 0.29) is 22.1 Å². The molecular formula is C19H20N4O3S. The summed E-state index contributed by atoms with van der Waals surface area (Å²) in [5, 5.41) is 2.79. The fraction of sp³-hybridized carbons (Fsp3) is 0.158. The Labute approximate surface area is 157 Å². The molecule has 3 aromatic rings. The second-order valence-corrected chi connectivity index (χ2v) is 7.73. The molecule has 0 aliphatic carbocycles. The number of anilines is 1. The quantitative estimate of drug-likeness (QED) is 0.582. The number of carbonyl (C=O) groups is 1. The van der Waals surface area contributed by atoms with Gasteiger partial charge in [0, 0.05) is 24.9 Å². The predicted octanol–water partition coefficient (Wildman–Crippen LogP) is 2.49. The van der Waals surface area contributed by atoms with Crippen molar-refractivity contribution in [1.29, 1.82) is 0 Å². The van der Waals surface area contributed by atoms with E-state index in [0.29, 0.717) is 13.0 Å².